The molecule has 1 aliphatic carbocycles. The minimum Gasteiger partial charge on any atom is -0.367 e. The van der Waals surface area contributed by atoms with Crippen LogP contribution < -0.4 is 10.2 Å². The summed E-state index contributed by atoms with van der Waals surface area (Å²) in [4.78, 5) is 2.65. The highest BCUT2D eigenvalue weighted by molar-refractivity contribution is 5.54. The first-order valence-electron chi connectivity index (χ1n) is 8.83. The number of hydrogen-bond donors (Lipinski definition) is 1. The van der Waals surface area contributed by atoms with Crippen molar-refractivity contribution in [2.45, 2.75) is 71.4 Å². The van der Waals surface area contributed by atoms with Crippen LogP contribution in [0, 0.1) is 6.92 Å². The molecule has 0 bridgehead atoms. The molecular formula is C19H32N2. The second-order valence-electron chi connectivity index (χ2n) is 6.30. The minimum absolute atomic E-state index is 0.634. The zero-order chi connectivity index (χ0) is 15.1. The van der Waals surface area contributed by atoms with Crippen LogP contribution in [-0.4, -0.2) is 25.2 Å². The molecule has 1 saturated carbocycles. The first-order chi connectivity index (χ1) is 10.3. The van der Waals surface area contributed by atoms with Gasteiger partial charge in [-0.25, -0.2) is 0 Å². The monoisotopic (exact) mass is 288 g/mol. The number of hydrogen-bond acceptors (Lipinski definition) is 2. The first-order valence-corrected chi connectivity index (χ1v) is 8.83. The average Bonchev–Trinajstić information content (AvgIpc) is 2.47. The number of benzene rings is 1. The van der Waals surface area contributed by atoms with Crippen LogP contribution in [-0.2, 0) is 0 Å². The van der Waals surface area contributed by atoms with E-state index in [1.54, 1.807) is 0 Å². The largest absolute Gasteiger partial charge is 0.367 e. The summed E-state index contributed by atoms with van der Waals surface area (Å²) in [5, 5.41) is 3.76. The van der Waals surface area contributed by atoms with Crippen LogP contribution in [0.2, 0.25) is 0 Å². The second-order valence-corrected chi connectivity index (χ2v) is 6.30. The highest BCUT2D eigenvalue weighted by Gasteiger charge is 2.27. The molecule has 0 aliphatic heterocycles. The Balaban J connectivity index is 2.24. The Labute approximate surface area is 130 Å². The Bertz CT molecular complexity index is 416. The molecule has 2 unspecified atom stereocenters. The van der Waals surface area contributed by atoms with Gasteiger partial charge in [-0.15, -0.1) is 0 Å². The molecule has 0 heterocycles. The predicted molar refractivity (Wildman–Crippen MR) is 93.2 cm³/mol. The molecule has 118 valence electrons. The van der Waals surface area contributed by atoms with Crippen LogP contribution in [0.15, 0.2) is 24.3 Å². The maximum absolute atomic E-state index is 3.76. The summed E-state index contributed by atoms with van der Waals surface area (Å²) in [7, 11) is 0. The molecular weight excluding hydrogens is 256 g/mol. The Morgan fingerprint density at radius 1 is 1.05 bits per heavy atom. The highest BCUT2D eigenvalue weighted by atomic mass is 15.2. The van der Waals surface area contributed by atoms with E-state index in [0.29, 0.717) is 12.1 Å². The van der Waals surface area contributed by atoms with E-state index in [-0.39, 0.29) is 0 Å². The van der Waals surface area contributed by atoms with Gasteiger partial charge in [0.2, 0.25) is 0 Å². The number of anilines is 1. The van der Waals surface area contributed by atoms with Crippen molar-refractivity contribution in [3.63, 3.8) is 0 Å². The Kier molecular flexibility index (Phi) is 6.56. The summed E-state index contributed by atoms with van der Waals surface area (Å²) < 4.78 is 0. The number of nitrogens with one attached hydrogen (secondary N) is 1. The summed E-state index contributed by atoms with van der Waals surface area (Å²) in [5.41, 5.74) is 2.82. The van der Waals surface area contributed by atoms with Gasteiger partial charge in [0.15, 0.2) is 0 Å². The summed E-state index contributed by atoms with van der Waals surface area (Å²) in [6.07, 6.45) is 8.20. The first kappa shape index (κ1) is 16.4. The van der Waals surface area contributed by atoms with Gasteiger partial charge in [-0.2, -0.15) is 0 Å². The third-order valence-electron chi connectivity index (χ3n) is 4.86. The molecule has 1 fully saturated rings. The number of likely N-dealkylation sites (N-methyl/N-ethyl adjacent to an activating group) is 2. The average molecular weight is 288 g/mol. The minimum atomic E-state index is 0.634. The number of nitrogens with zero attached hydrogens (tertiary/aromatic N) is 1. The van der Waals surface area contributed by atoms with E-state index in [4.69, 9.17) is 0 Å². The van der Waals surface area contributed by atoms with E-state index in [1.165, 1.54) is 49.8 Å². The quantitative estimate of drug-likeness (QED) is 0.857. The number of aryl methyl sites for hydroxylation is 1. The van der Waals surface area contributed by atoms with Crippen LogP contribution >= 0.6 is 0 Å². The van der Waals surface area contributed by atoms with Crippen LogP contribution in [0.5, 0.6) is 0 Å². The second kappa shape index (κ2) is 8.43. The molecule has 0 aromatic heterocycles. The molecule has 0 spiro atoms. The standard InChI is InChI=1S/C19H32N2/c1-4-20-17-13-8-6-7-9-15-19(17)21(5-2)18-14-11-10-12-16(18)3/h10-12,14,17,19-20H,4-9,13,15H2,1-3H3. The van der Waals surface area contributed by atoms with Gasteiger partial charge in [0.05, 0.1) is 0 Å². The Morgan fingerprint density at radius 2 is 1.76 bits per heavy atom. The van der Waals surface area contributed by atoms with Crippen LogP contribution in [0.4, 0.5) is 5.69 Å². The Morgan fingerprint density at radius 3 is 2.43 bits per heavy atom. The summed E-state index contributed by atoms with van der Waals surface area (Å²) in [6, 6.07) is 10.1. The van der Waals surface area contributed by atoms with Crippen LogP contribution in [0.1, 0.15) is 57.9 Å². The lowest BCUT2D eigenvalue weighted by molar-refractivity contribution is 0.338. The van der Waals surface area contributed by atoms with Gasteiger partial charge in [-0.05, 0) is 44.9 Å². The molecule has 1 aromatic rings. The van der Waals surface area contributed by atoms with E-state index < -0.39 is 0 Å². The van der Waals surface area contributed by atoms with Crippen molar-refractivity contribution < 1.29 is 0 Å². The van der Waals surface area contributed by atoms with E-state index in [2.05, 4.69) is 55.3 Å². The van der Waals surface area contributed by atoms with Gasteiger partial charge in [0.1, 0.15) is 0 Å². The van der Waals surface area contributed by atoms with E-state index in [1.807, 2.05) is 0 Å². The predicted octanol–water partition coefficient (Wildman–Crippen LogP) is 4.52. The fraction of sp³-hybridized carbons (Fsp3) is 0.684. The van der Waals surface area contributed by atoms with Crippen molar-refractivity contribution >= 4 is 5.69 Å². The van der Waals surface area contributed by atoms with Gasteiger partial charge in [0.25, 0.3) is 0 Å². The van der Waals surface area contributed by atoms with E-state index in [9.17, 15) is 0 Å². The highest BCUT2D eigenvalue weighted by Crippen LogP contribution is 2.28. The van der Waals surface area contributed by atoms with E-state index in [0.717, 1.165) is 13.1 Å². The molecule has 1 aromatic carbocycles. The van der Waals surface area contributed by atoms with Gasteiger partial charge in [-0.3, -0.25) is 0 Å². The smallest absolute Gasteiger partial charge is 0.0443 e. The zero-order valence-corrected chi connectivity index (χ0v) is 14.1. The molecule has 1 aliphatic rings. The van der Waals surface area contributed by atoms with Crippen molar-refractivity contribution in [2.24, 2.45) is 0 Å². The SMILES string of the molecule is CCNC1CCCCCCC1N(CC)c1ccccc1C. The van der Waals surface area contributed by atoms with Crippen LogP contribution in [0.3, 0.4) is 0 Å². The molecule has 21 heavy (non-hydrogen) atoms. The maximum atomic E-state index is 3.76. The zero-order valence-electron chi connectivity index (χ0n) is 14.1. The van der Waals surface area contributed by atoms with Crippen molar-refractivity contribution in [3.05, 3.63) is 29.8 Å². The fourth-order valence-corrected chi connectivity index (χ4v) is 3.81. The summed E-state index contributed by atoms with van der Waals surface area (Å²) in [5.74, 6) is 0. The van der Waals surface area contributed by atoms with Gasteiger partial charge >= 0.3 is 0 Å². The van der Waals surface area contributed by atoms with Crippen molar-refractivity contribution in [2.75, 3.05) is 18.0 Å². The molecule has 0 saturated heterocycles. The molecule has 2 rings (SSSR count). The lowest BCUT2D eigenvalue weighted by atomic mass is 9.90. The van der Waals surface area contributed by atoms with Crippen molar-refractivity contribution in [1.29, 1.82) is 0 Å². The van der Waals surface area contributed by atoms with Gasteiger partial charge in [0, 0.05) is 24.3 Å². The molecule has 2 heteroatoms. The van der Waals surface area contributed by atoms with Gasteiger partial charge < -0.3 is 10.2 Å². The summed E-state index contributed by atoms with van der Waals surface area (Å²) in [6.45, 7) is 8.95. The molecule has 2 nitrogen and oxygen atoms in total. The summed E-state index contributed by atoms with van der Waals surface area (Å²) >= 11 is 0. The molecule has 1 N–H and O–H groups in total. The Hall–Kier alpha value is -1.02. The van der Waals surface area contributed by atoms with Crippen molar-refractivity contribution in [1.82, 2.24) is 5.32 Å². The lowest BCUT2D eigenvalue weighted by Gasteiger charge is -2.40. The fourth-order valence-electron chi connectivity index (χ4n) is 3.81. The third-order valence-corrected chi connectivity index (χ3v) is 4.86. The maximum Gasteiger partial charge on any atom is 0.0443 e. The lowest BCUT2D eigenvalue weighted by Crippen LogP contribution is -2.51. The third kappa shape index (κ3) is 4.23. The molecule has 0 radical (unpaired) electrons. The van der Waals surface area contributed by atoms with Gasteiger partial charge in [-0.1, -0.05) is 50.8 Å². The molecule has 0 amide bonds. The normalized spacial score (nSPS) is 23.4. The molecule has 2 atom stereocenters. The van der Waals surface area contributed by atoms with Crippen LogP contribution in [0.25, 0.3) is 0 Å². The topological polar surface area (TPSA) is 15.3 Å². The number of rotatable bonds is 5. The number of para-hydroxylation sites is 1. The van der Waals surface area contributed by atoms with Crippen molar-refractivity contribution in [3.8, 4) is 0 Å². The van der Waals surface area contributed by atoms with E-state index >= 15 is 0 Å².